The van der Waals surface area contributed by atoms with Crippen LogP contribution in [0, 0.1) is 5.82 Å². The van der Waals surface area contributed by atoms with E-state index < -0.39 is 6.03 Å². The van der Waals surface area contributed by atoms with E-state index >= 15 is 0 Å². The van der Waals surface area contributed by atoms with Crippen LogP contribution in [0.3, 0.4) is 0 Å². The summed E-state index contributed by atoms with van der Waals surface area (Å²) in [6, 6.07) is 4.43. The molecule has 4 rings (SSSR count). The average Bonchev–Trinajstić information content (AvgIpc) is 3.02. The molecule has 0 spiro atoms. The molecule has 0 atom stereocenters. The number of rotatable bonds is 2. The molecule has 1 aliphatic heterocycles. The third-order valence-corrected chi connectivity index (χ3v) is 4.10. The molecular formula is C16H18FN5O. The summed E-state index contributed by atoms with van der Waals surface area (Å²) >= 11 is 0. The maximum Gasteiger partial charge on any atom is 0.314 e. The van der Waals surface area contributed by atoms with Gasteiger partial charge >= 0.3 is 6.03 Å². The molecule has 3 N–H and O–H groups in total. The fourth-order valence-corrected chi connectivity index (χ4v) is 2.82. The van der Waals surface area contributed by atoms with Gasteiger partial charge in [0.25, 0.3) is 0 Å². The van der Waals surface area contributed by atoms with Crippen molar-refractivity contribution in [3.63, 3.8) is 0 Å². The summed E-state index contributed by atoms with van der Waals surface area (Å²) < 4.78 is 15.1. The number of likely N-dealkylation sites (tertiary alicyclic amines) is 1. The number of urea groups is 1. The quantitative estimate of drug-likeness (QED) is 0.762. The molecule has 120 valence electrons. The van der Waals surface area contributed by atoms with E-state index in [0.717, 1.165) is 22.0 Å². The predicted octanol–water partition coefficient (Wildman–Crippen LogP) is 2.74. The number of benzene rings is 1. The summed E-state index contributed by atoms with van der Waals surface area (Å²) in [6.45, 7) is 1.16. The van der Waals surface area contributed by atoms with E-state index in [9.17, 15) is 9.18 Å². The lowest BCUT2D eigenvalue weighted by Crippen LogP contribution is -2.52. The summed E-state index contributed by atoms with van der Waals surface area (Å²) in [7, 11) is 0. The van der Waals surface area contributed by atoms with Crippen LogP contribution in [-0.2, 0) is 0 Å². The number of hydrogen-bond donors (Lipinski definition) is 2. The number of H-pyrrole nitrogens is 1. The molecule has 2 aromatic heterocycles. The van der Waals surface area contributed by atoms with Crippen LogP contribution in [-0.4, -0.2) is 38.8 Å². The van der Waals surface area contributed by atoms with E-state index in [0.29, 0.717) is 13.1 Å². The van der Waals surface area contributed by atoms with Gasteiger partial charge in [0, 0.05) is 47.5 Å². The van der Waals surface area contributed by atoms with Crippen LogP contribution in [0.2, 0.25) is 0 Å². The molecule has 0 unspecified atom stereocenters. The van der Waals surface area contributed by atoms with Gasteiger partial charge < -0.3 is 15.6 Å². The molecule has 0 radical (unpaired) electrons. The van der Waals surface area contributed by atoms with Gasteiger partial charge in [-0.2, -0.15) is 5.10 Å². The van der Waals surface area contributed by atoms with E-state index in [1.54, 1.807) is 17.2 Å². The molecule has 6 nitrogen and oxygen atoms in total. The van der Waals surface area contributed by atoms with Gasteiger partial charge in [-0.05, 0) is 18.2 Å². The van der Waals surface area contributed by atoms with Crippen molar-refractivity contribution in [1.82, 2.24) is 19.7 Å². The second kappa shape index (κ2) is 5.42. The smallest absolute Gasteiger partial charge is 0.314 e. The number of nitrogens with zero attached hydrogens (tertiary/aromatic N) is 3. The Labute approximate surface area is 132 Å². The minimum atomic E-state index is -0.401. The van der Waals surface area contributed by atoms with Crippen LogP contribution in [0.1, 0.15) is 13.5 Å². The highest BCUT2D eigenvalue weighted by atomic mass is 19.1. The zero-order chi connectivity index (χ0) is 15.3. The Bertz CT molecular complexity index is 862. The number of aromatic amines is 1. The number of nitrogens with two attached hydrogens (primary N) is 1. The maximum absolute atomic E-state index is 13.2. The molecule has 1 aliphatic rings. The van der Waals surface area contributed by atoms with Gasteiger partial charge in [0.2, 0.25) is 0 Å². The molecule has 1 fully saturated rings. The Kier molecular flexibility index (Phi) is 3.55. The topological polar surface area (TPSA) is 79.9 Å². The normalized spacial score (nSPS) is 14.6. The SMILES string of the molecule is C.NC(=O)N1CC(n2cc(-c3c[nH]c4cc(F)ccc34)cn2)C1. The highest BCUT2D eigenvalue weighted by Gasteiger charge is 2.31. The Morgan fingerprint density at radius 1 is 1.39 bits per heavy atom. The predicted molar refractivity (Wildman–Crippen MR) is 86.4 cm³/mol. The van der Waals surface area contributed by atoms with Crippen molar-refractivity contribution in [1.29, 1.82) is 0 Å². The first-order valence-electron chi connectivity index (χ1n) is 6.97. The van der Waals surface area contributed by atoms with Crippen LogP contribution in [0.4, 0.5) is 9.18 Å². The largest absolute Gasteiger partial charge is 0.360 e. The summed E-state index contributed by atoms with van der Waals surface area (Å²) in [4.78, 5) is 15.6. The standard InChI is InChI=1S/C15H14FN5O.CH4/c16-10-1-2-12-13(5-18-14(12)3-10)9-4-19-21(6-9)11-7-20(8-11)15(17)22;/h1-6,11,18H,7-8H2,(H2,17,22);1H4. The minimum absolute atomic E-state index is 0. The van der Waals surface area contributed by atoms with Crippen LogP contribution < -0.4 is 5.73 Å². The van der Waals surface area contributed by atoms with Gasteiger partial charge in [0.15, 0.2) is 0 Å². The zero-order valence-electron chi connectivity index (χ0n) is 11.7. The summed E-state index contributed by atoms with van der Waals surface area (Å²) in [6.07, 6.45) is 5.57. The number of primary amides is 1. The third-order valence-electron chi connectivity index (χ3n) is 4.10. The molecule has 0 saturated carbocycles. The van der Waals surface area contributed by atoms with Gasteiger partial charge in [-0.25, -0.2) is 9.18 Å². The number of nitrogens with one attached hydrogen (secondary N) is 1. The Hall–Kier alpha value is -2.83. The van der Waals surface area contributed by atoms with Gasteiger partial charge in [0.05, 0.1) is 12.2 Å². The van der Waals surface area contributed by atoms with Gasteiger partial charge in [-0.3, -0.25) is 4.68 Å². The highest BCUT2D eigenvalue weighted by molar-refractivity contribution is 5.95. The number of halogens is 1. The molecule has 1 saturated heterocycles. The molecule has 3 aromatic rings. The number of hydrogen-bond acceptors (Lipinski definition) is 2. The maximum atomic E-state index is 13.2. The van der Waals surface area contributed by atoms with E-state index in [2.05, 4.69) is 10.1 Å². The number of carbonyl (C=O) groups is 1. The molecular weight excluding hydrogens is 297 g/mol. The molecule has 0 bridgehead atoms. The number of amides is 2. The number of aromatic nitrogens is 3. The Morgan fingerprint density at radius 3 is 2.91 bits per heavy atom. The second-order valence-corrected chi connectivity index (χ2v) is 5.50. The van der Waals surface area contributed by atoms with Crippen molar-refractivity contribution in [3.05, 3.63) is 42.6 Å². The Morgan fingerprint density at radius 2 is 2.17 bits per heavy atom. The van der Waals surface area contributed by atoms with E-state index in [1.165, 1.54) is 12.1 Å². The number of carbonyl (C=O) groups excluding carboxylic acids is 1. The van der Waals surface area contributed by atoms with Crippen LogP contribution in [0.25, 0.3) is 22.0 Å². The molecule has 0 aliphatic carbocycles. The zero-order valence-corrected chi connectivity index (χ0v) is 11.7. The van der Waals surface area contributed by atoms with Crippen LogP contribution >= 0.6 is 0 Å². The van der Waals surface area contributed by atoms with E-state index in [1.807, 2.05) is 17.1 Å². The Balaban J connectivity index is 0.00000156. The van der Waals surface area contributed by atoms with Crippen molar-refractivity contribution in [3.8, 4) is 11.1 Å². The van der Waals surface area contributed by atoms with Gasteiger partial charge in [-0.1, -0.05) is 7.43 Å². The molecule has 2 amide bonds. The van der Waals surface area contributed by atoms with Crippen molar-refractivity contribution in [2.24, 2.45) is 5.73 Å². The summed E-state index contributed by atoms with van der Waals surface area (Å²) in [5.41, 5.74) is 7.91. The molecule has 7 heteroatoms. The summed E-state index contributed by atoms with van der Waals surface area (Å²) in [5.74, 6) is -0.266. The lowest BCUT2D eigenvalue weighted by atomic mass is 10.1. The molecule has 23 heavy (non-hydrogen) atoms. The molecule has 3 heterocycles. The van der Waals surface area contributed by atoms with Gasteiger partial charge in [-0.15, -0.1) is 0 Å². The van der Waals surface area contributed by atoms with Crippen molar-refractivity contribution >= 4 is 16.9 Å². The highest BCUT2D eigenvalue weighted by Crippen LogP contribution is 2.30. The molecule has 1 aromatic carbocycles. The van der Waals surface area contributed by atoms with Crippen molar-refractivity contribution in [2.75, 3.05) is 13.1 Å². The fourth-order valence-electron chi connectivity index (χ4n) is 2.82. The first kappa shape index (κ1) is 15.1. The van der Waals surface area contributed by atoms with Gasteiger partial charge in [0.1, 0.15) is 5.82 Å². The average molecular weight is 315 g/mol. The minimum Gasteiger partial charge on any atom is -0.360 e. The van der Waals surface area contributed by atoms with Crippen molar-refractivity contribution in [2.45, 2.75) is 13.5 Å². The van der Waals surface area contributed by atoms with Crippen LogP contribution in [0.15, 0.2) is 36.8 Å². The lowest BCUT2D eigenvalue weighted by Gasteiger charge is -2.37. The first-order valence-corrected chi connectivity index (χ1v) is 6.97. The third kappa shape index (κ3) is 2.44. The monoisotopic (exact) mass is 315 g/mol. The van der Waals surface area contributed by atoms with Crippen molar-refractivity contribution < 1.29 is 9.18 Å². The lowest BCUT2D eigenvalue weighted by molar-refractivity contribution is 0.125. The number of fused-ring (bicyclic) bond motifs is 1. The first-order chi connectivity index (χ1) is 10.6. The van der Waals surface area contributed by atoms with E-state index in [-0.39, 0.29) is 19.3 Å². The van der Waals surface area contributed by atoms with E-state index in [4.69, 9.17) is 5.73 Å². The van der Waals surface area contributed by atoms with Crippen LogP contribution in [0.5, 0.6) is 0 Å². The second-order valence-electron chi connectivity index (χ2n) is 5.50. The summed E-state index contributed by atoms with van der Waals surface area (Å²) in [5, 5.41) is 5.31. The fraction of sp³-hybridized carbons (Fsp3) is 0.250.